The first kappa shape index (κ1) is 21.1. The van der Waals surface area contributed by atoms with Crippen LogP contribution in [0.25, 0.3) is 0 Å². The van der Waals surface area contributed by atoms with Gasteiger partial charge in [0.15, 0.2) is 5.96 Å². The Morgan fingerprint density at radius 2 is 1.97 bits per heavy atom. The van der Waals surface area contributed by atoms with Crippen molar-refractivity contribution in [1.82, 2.24) is 20.0 Å². The van der Waals surface area contributed by atoms with E-state index in [0.717, 1.165) is 64.9 Å². The molecule has 1 aromatic carbocycles. The summed E-state index contributed by atoms with van der Waals surface area (Å²) in [6.45, 7) is 11.0. The van der Waals surface area contributed by atoms with Crippen molar-refractivity contribution >= 4 is 11.9 Å². The highest BCUT2D eigenvalue weighted by atomic mass is 16.5. The zero-order chi connectivity index (χ0) is 20.8. The van der Waals surface area contributed by atoms with Gasteiger partial charge in [-0.15, -0.1) is 0 Å². The van der Waals surface area contributed by atoms with Gasteiger partial charge in [-0.05, 0) is 30.9 Å². The van der Waals surface area contributed by atoms with Crippen molar-refractivity contribution < 1.29 is 9.53 Å². The van der Waals surface area contributed by atoms with E-state index in [0.29, 0.717) is 25.6 Å². The molecule has 1 amide bonds. The minimum Gasteiger partial charge on any atom is -0.379 e. The molecule has 3 aliphatic heterocycles. The van der Waals surface area contributed by atoms with E-state index in [1.165, 1.54) is 17.5 Å². The maximum absolute atomic E-state index is 12.0. The normalized spacial score (nSPS) is 23.4. The van der Waals surface area contributed by atoms with Gasteiger partial charge in [0.1, 0.15) is 0 Å². The van der Waals surface area contributed by atoms with E-state index in [9.17, 15) is 4.79 Å². The van der Waals surface area contributed by atoms with Crippen LogP contribution in [0.1, 0.15) is 37.3 Å². The number of morpholine rings is 1. The maximum atomic E-state index is 12.0. The molecule has 0 aliphatic carbocycles. The average molecular weight is 414 g/mol. The van der Waals surface area contributed by atoms with Gasteiger partial charge in [-0.3, -0.25) is 9.69 Å². The highest BCUT2D eigenvalue weighted by Crippen LogP contribution is 2.20. The molecule has 7 heteroatoms. The predicted octanol–water partition coefficient (Wildman–Crippen LogP) is 1.68. The second-order valence-electron chi connectivity index (χ2n) is 8.39. The van der Waals surface area contributed by atoms with Crippen molar-refractivity contribution in [2.45, 2.75) is 45.3 Å². The fourth-order valence-electron chi connectivity index (χ4n) is 4.70. The summed E-state index contributed by atoms with van der Waals surface area (Å²) < 4.78 is 5.51. The standard InChI is InChI=1S/C23H35N5O2/c1-2-24-23(28-11-9-21(18-28)26-12-14-30-15-13-26)25-16-19-6-3-4-7-20(19)17-27-10-5-8-22(27)29/h3-4,6-7,21H,2,5,8-18H2,1H3,(H,24,25). The quantitative estimate of drug-likeness (QED) is 0.568. The number of likely N-dealkylation sites (tertiary alicyclic amines) is 2. The fourth-order valence-corrected chi connectivity index (χ4v) is 4.70. The largest absolute Gasteiger partial charge is 0.379 e. The number of carbonyl (C=O) groups excluding carboxylic acids is 1. The van der Waals surface area contributed by atoms with Crippen molar-refractivity contribution in [1.29, 1.82) is 0 Å². The summed E-state index contributed by atoms with van der Waals surface area (Å²) in [4.78, 5) is 24.0. The summed E-state index contributed by atoms with van der Waals surface area (Å²) in [5, 5.41) is 3.49. The summed E-state index contributed by atoms with van der Waals surface area (Å²) >= 11 is 0. The lowest BCUT2D eigenvalue weighted by atomic mass is 10.1. The zero-order valence-electron chi connectivity index (χ0n) is 18.2. The number of ether oxygens (including phenoxy) is 1. The van der Waals surface area contributed by atoms with Crippen LogP contribution in [0, 0.1) is 0 Å². The van der Waals surface area contributed by atoms with Gasteiger partial charge in [0.25, 0.3) is 0 Å². The molecular weight excluding hydrogens is 378 g/mol. The Hall–Kier alpha value is -2.12. The molecule has 0 saturated carbocycles. The number of benzene rings is 1. The first-order valence-electron chi connectivity index (χ1n) is 11.4. The average Bonchev–Trinajstić information content (AvgIpc) is 3.42. The molecular formula is C23H35N5O2. The maximum Gasteiger partial charge on any atom is 0.222 e. The van der Waals surface area contributed by atoms with Crippen molar-refractivity contribution in [2.75, 3.05) is 52.5 Å². The van der Waals surface area contributed by atoms with Crippen LogP contribution in [-0.2, 0) is 22.6 Å². The molecule has 0 spiro atoms. The third kappa shape index (κ3) is 5.13. The molecule has 3 heterocycles. The Balaban J connectivity index is 1.41. The van der Waals surface area contributed by atoms with E-state index in [1.807, 2.05) is 4.90 Å². The molecule has 1 atom stereocenters. The van der Waals surface area contributed by atoms with Crippen molar-refractivity contribution in [3.8, 4) is 0 Å². The topological polar surface area (TPSA) is 60.4 Å². The van der Waals surface area contributed by atoms with E-state index >= 15 is 0 Å². The monoisotopic (exact) mass is 413 g/mol. The van der Waals surface area contributed by atoms with Gasteiger partial charge in [0.2, 0.25) is 5.91 Å². The molecule has 1 N–H and O–H groups in total. The molecule has 3 saturated heterocycles. The predicted molar refractivity (Wildman–Crippen MR) is 118 cm³/mol. The van der Waals surface area contributed by atoms with Crippen LogP contribution in [0.15, 0.2) is 29.3 Å². The van der Waals surface area contributed by atoms with Crippen LogP contribution in [0.3, 0.4) is 0 Å². The first-order chi connectivity index (χ1) is 14.7. The van der Waals surface area contributed by atoms with Crippen LogP contribution in [-0.4, -0.2) is 85.1 Å². The van der Waals surface area contributed by atoms with Crippen LogP contribution in [0.4, 0.5) is 0 Å². The van der Waals surface area contributed by atoms with Gasteiger partial charge in [-0.2, -0.15) is 0 Å². The second kappa shape index (κ2) is 10.3. The Morgan fingerprint density at radius 1 is 1.17 bits per heavy atom. The summed E-state index contributed by atoms with van der Waals surface area (Å²) in [5.41, 5.74) is 2.41. The number of carbonyl (C=O) groups is 1. The van der Waals surface area contributed by atoms with E-state index < -0.39 is 0 Å². The molecule has 30 heavy (non-hydrogen) atoms. The Labute approximate surface area is 180 Å². The number of guanidine groups is 1. The molecule has 1 unspecified atom stereocenters. The third-order valence-electron chi connectivity index (χ3n) is 6.41. The summed E-state index contributed by atoms with van der Waals surface area (Å²) in [6, 6.07) is 8.99. The number of nitrogens with one attached hydrogen (secondary N) is 1. The first-order valence-corrected chi connectivity index (χ1v) is 11.4. The molecule has 3 aliphatic rings. The van der Waals surface area contributed by atoms with Gasteiger partial charge >= 0.3 is 0 Å². The molecule has 7 nitrogen and oxygen atoms in total. The second-order valence-corrected chi connectivity index (χ2v) is 8.39. The van der Waals surface area contributed by atoms with Crippen LogP contribution in [0.2, 0.25) is 0 Å². The van der Waals surface area contributed by atoms with E-state index in [1.54, 1.807) is 0 Å². The number of hydrogen-bond acceptors (Lipinski definition) is 4. The highest BCUT2D eigenvalue weighted by Gasteiger charge is 2.30. The molecule has 4 rings (SSSR count). The lowest BCUT2D eigenvalue weighted by molar-refractivity contribution is -0.128. The zero-order valence-corrected chi connectivity index (χ0v) is 18.2. The van der Waals surface area contributed by atoms with Gasteiger partial charge in [0.05, 0.1) is 19.8 Å². The van der Waals surface area contributed by atoms with Gasteiger partial charge in [0, 0.05) is 58.3 Å². The van der Waals surface area contributed by atoms with Gasteiger partial charge < -0.3 is 19.9 Å². The van der Waals surface area contributed by atoms with E-state index in [2.05, 4.69) is 46.3 Å². The van der Waals surface area contributed by atoms with Crippen LogP contribution in [0.5, 0.6) is 0 Å². The van der Waals surface area contributed by atoms with Crippen LogP contribution < -0.4 is 5.32 Å². The summed E-state index contributed by atoms with van der Waals surface area (Å²) in [5.74, 6) is 1.27. The number of rotatable bonds is 6. The smallest absolute Gasteiger partial charge is 0.222 e. The van der Waals surface area contributed by atoms with Gasteiger partial charge in [-0.1, -0.05) is 24.3 Å². The third-order valence-corrected chi connectivity index (χ3v) is 6.41. The molecule has 3 fully saturated rings. The Bertz CT molecular complexity index is 747. The van der Waals surface area contributed by atoms with Crippen molar-refractivity contribution in [2.24, 2.45) is 4.99 Å². The Kier molecular flexibility index (Phi) is 7.23. The molecule has 0 aromatic heterocycles. The van der Waals surface area contributed by atoms with E-state index in [-0.39, 0.29) is 5.91 Å². The minimum atomic E-state index is 0.271. The van der Waals surface area contributed by atoms with E-state index in [4.69, 9.17) is 9.73 Å². The van der Waals surface area contributed by atoms with Crippen molar-refractivity contribution in [3.05, 3.63) is 35.4 Å². The molecule has 0 radical (unpaired) electrons. The lowest BCUT2D eigenvalue weighted by Gasteiger charge is -2.32. The number of hydrogen-bond donors (Lipinski definition) is 1. The van der Waals surface area contributed by atoms with Crippen LogP contribution >= 0.6 is 0 Å². The minimum absolute atomic E-state index is 0.271. The summed E-state index contributed by atoms with van der Waals surface area (Å²) in [7, 11) is 0. The number of amides is 1. The molecule has 0 bridgehead atoms. The lowest BCUT2D eigenvalue weighted by Crippen LogP contribution is -2.46. The fraction of sp³-hybridized carbons (Fsp3) is 0.652. The van der Waals surface area contributed by atoms with Crippen molar-refractivity contribution in [3.63, 3.8) is 0 Å². The number of nitrogens with zero attached hydrogens (tertiary/aromatic N) is 4. The molecule has 1 aromatic rings. The SMILES string of the molecule is CCNC(=NCc1ccccc1CN1CCCC1=O)N1CCC(N2CCOCC2)C1. The Morgan fingerprint density at radius 3 is 2.70 bits per heavy atom. The summed E-state index contributed by atoms with van der Waals surface area (Å²) in [6.07, 6.45) is 2.84. The van der Waals surface area contributed by atoms with Gasteiger partial charge in [-0.25, -0.2) is 4.99 Å². The highest BCUT2D eigenvalue weighted by molar-refractivity contribution is 5.80. The molecule has 164 valence electrons. The number of aliphatic imine (C=N–C) groups is 1.